The molecule has 4 aromatic rings. The summed E-state index contributed by atoms with van der Waals surface area (Å²) < 4.78 is 6.48. The number of para-hydroxylation sites is 2. The predicted octanol–water partition coefficient (Wildman–Crippen LogP) is 1.47. The molecule has 0 saturated heterocycles. The molecule has 0 unspecified atom stereocenters. The topological polar surface area (TPSA) is 137 Å². The van der Waals surface area contributed by atoms with Gasteiger partial charge in [0, 0.05) is 6.07 Å². The predicted molar refractivity (Wildman–Crippen MR) is 108 cm³/mol. The van der Waals surface area contributed by atoms with Gasteiger partial charge >= 0.3 is 5.63 Å². The Morgan fingerprint density at radius 1 is 0.900 bits per heavy atom. The molecule has 0 spiro atoms. The molecule has 0 saturated carbocycles. The van der Waals surface area contributed by atoms with Gasteiger partial charge in [0.05, 0.1) is 33.3 Å². The molecule has 30 heavy (non-hydrogen) atoms. The van der Waals surface area contributed by atoms with E-state index in [1.165, 1.54) is 0 Å². The highest BCUT2D eigenvalue weighted by atomic mass is 16.4. The Balaban J connectivity index is 1.80. The number of imide groups is 1. The van der Waals surface area contributed by atoms with Crippen LogP contribution in [0.2, 0.25) is 0 Å². The second-order valence-corrected chi connectivity index (χ2v) is 6.62. The molecular weight excluding hydrogens is 388 g/mol. The van der Waals surface area contributed by atoms with E-state index in [4.69, 9.17) is 10.2 Å². The van der Waals surface area contributed by atoms with Gasteiger partial charge in [-0.15, -0.1) is 0 Å². The van der Waals surface area contributed by atoms with Crippen LogP contribution in [0.1, 0.15) is 20.7 Å². The highest BCUT2D eigenvalue weighted by molar-refractivity contribution is 6.23. The Bertz CT molecular complexity index is 1520. The van der Waals surface area contributed by atoms with Crippen LogP contribution >= 0.6 is 0 Å². The fourth-order valence-electron chi connectivity index (χ4n) is 3.51. The van der Waals surface area contributed by atoms with Crippen LogP contribution in [0, 0.1) is 0 Å². The van der Waals surface area contributed by atoms with Crippen LogP contribution in [-0.4, -0.2) is 21.4 Å². The van der Waals surface area contributed by atoms with Crippen LogP contribution in [-0.2, 0) is 0 Å². The zero-order valence-electron chi connectivity index (χ0n) is 15.2. The van der Waals surface area contributed by atoms with E-state index in [0.29, 0.717) is 16.5 Å². The molecule has 9 heteroatoms. The molecule has 2 aromatic heterocycles. The fraction of sp³-hybridized carbons (Fsp3) is 0. The first-order valence-electron chi connectivity index (χ1n) is 8.86. The van der Waals surface area contributed by atoms with Gasteiger partial charge in [0.15, 0.2) is 0 Å². The van der Waals surface area contributed by atoms with E-state index in [1.807, 2.05) is 0 Å². The number of nitrogens with two attached hydrogens (primary N) is 1. The third kappa shape index (κ3) is 2.46. The summed E-state index contributed by atoms with van der Waals surface area (Å²) in [5.74, 6) is -1.58. The largest absolute Gasteiger partial charge is 0.403 e. The number of benzene rings is 2. The maximum atomic E-state index is 12.8. The number of hydrogen-bond donors (Lipinski definition) is 2. The van der Waals surface area contributed by atoms with Crippen molar-refractivity contribution >= 4 is 28.5 Å². The zero-order valence-corrected chi connectivity index (χ0v) is 15.2. The lowest BCUT2D eigenvalue weighted by atomic mass is 10.1. The van der Waals surface area contributed by atoms with Crippen molar-refractivity contribution in [3.8, 4) is 17.1 Å². The summed E-state index contributed by atoms with van der Waals surface area (Å²) in [7, 11) is 0. The summed E-state index contributed by atoms with van der Waals surface area (Å²) in [5.41, 5.74) is 5.77. The minimum absolute atomic E-state index is 0.0124. The van der Waals surface area contributed by atoms with Crippen LogP contribution in [0.15, 0.2) is 68.6 Å². The first-order chi connectivity index (χ1) is 14.5. The summed E-state index contributed by atoms with van der Waals surface area (Å²) in [5, 5.41) is 2.44. The van der Waals surface area contributed by atoms with E-state index >= 15 is 0 Å². The summed E-state index contributed by atoms with van der Waals surface area (Å²) >= 11 is 0. The van der Waals surface area contributed by atoms with Crippen molar-refractivity contribution in [3.05, 3.63) is 86.5 Å². The van der Waals surface area contributed by atoms with Crippen molar-refractivity contribution in [2.24, 2.45) is 0 Å². The number of aromatic nitrogens is 2. The molecule has 1 aliphatic rings. The third-order valence-electron chi connectivity index (χ3n) is 4.86. The average Bonchev–Trinajstić information content (AvgIpc) is 3.01. The summed E-state index contributed by atoms with van der Waals surface area (Å²) in [6, 6.07) is 14.3. The second-order valence-electron chi connectivity index (χ2n) is 6.62. The zero-order chi connectivity index (χ0) is 21.0. The Morgan fingerprint density at radius 3 is 2.47 bits per heavy atom. The van der Waals surface area contributed by atoms with Gasteiger partial charge in [-0.2, -0.15) is 0 Å². The van der Waals surface area contributed by atoms with Crippen molar-refractivity contribution in [2.45, 2.75) is 0 Å². The van der Waals surface area contributed by atoms with Crippen LogP contribution in [0.4, 0.5) is 5.82 Å². The number of nitrogens with one attached hydrogen (secondary N) is 1. The van der Waals surface area contributed by atoms with Crippen LogP contribution in [0.25, 0.3) is 28.0 Å². The van der Waals surface area contributed by atoms with Gasteiger partial charge in [0.25, 0.3) is 17.4 Å². The van der Waals surface area contributed by atoms with Crippen molar-refractivity contribution in [1.29, 1.82) is 0 Å². The summed E-state index contributed by atoms with van der Waals surface area (Å²) in [6.45, 7) is 0. The molecule has 5 rings (SSSR count). The molecule has 3 heterocycles. The minimum Gasteiger partial charge on any atom is -0.403 e. The van der Waals surface area contributed by atoms with Crippen molar-refractivity contribution in [3.63, 3.8) is 0 Å². The number of carbonyl (C=O) groups is 2. The molecule has 9 nitrogen and oxygen atoms in total. The van der Waals surface area contributed by atoms with E-state index in [9.17, 15) is 19.2 Å². The van der Waals surface area contributed by atoms with Gasteiger partial charge in [-0.25, -0.2) is 9.78 Å². The van der Waals surface area contributed by atoms with Gasteiger partial charge in [-0.1, -0.05) is 24.3 Å². The molecule has 0 aliphatic carbocycles. The first-order valence-corrected chi connectivity index (χ1v) is 8.86. The minimum atomic E-state index is -0.686. The standard InChI is InChI=1S/C21H12N4O5/c22-17-16-12(18(27)24-19(16)28)9-15(26)25(17)14-8-4-2-6-11(14)20-23-13-7-3-1-5-10(13)21(29)30-20/h1-9H,22H2,(H,24,27,28). The lowest BCUT2D eigenvalue weighted by molar-refractivity contribution is 0.0880. The SMILES string of the molecule is Nc1c2c(cc(=O)n1-c1ccccc1-c1nc3ccccc3c(=O)o1)C(=O)NC2=O. The molecule has 1 aliphatic heterocycles. The van der Waals surface area contributed by atoms with Gasteiger partial charge in [-0.05, 0) is 24.3 Å². The number of pyridine rings is 1. The highest BCUT2D eigenvalue weighted by Crippen LogP contribution is 2.29. The molecule has 0 atom stereocenters. The summed E-state index contributed by atoms with van der Waals surface area (Å²) in [6.07, 6.45) is 0. The van der Waals surface area contributed by atoms with Crippen LogP contribution in [0.3, 0.4) is 0 Å². The number of nitrogen functional groups attached to an aromatic ring is 1. The molecule has 0 bridgehead atoms. The molecule has 2 aromatic carbocycles. The summed E-state index contributed by atoms with van der Waals surface area (Å²) in [4.78, 5) is 53.6. The lowest BCUT2D eigenvalue weighted by Gasteiger charge is -2.15. The maximum Gasteiger partial charge on any atom is 0.347 e. The lowest BCUT2D eigenvalue weighted by Crippen LogP contribution is -2.24. The third-order valence-corrected chi connectivity index (χ3v) is 4.86. The molecule has 146 valence electrons. The van der Waals surface area contributed by atoms with E-state index in [2.05, 4.69) is 10.3 Å². The van der Waals surface area contributed by atoms with Gasteiger partial charge in [0.2, 0.25) is 5.89 Å². The number of carbonyl (C=O) groups excluding carboxylic acids is 2. The van der Waals surface area contributed by atoms with Crippen molar-refractivity contribution < 1.29 is 14.0 Å². The first kappa shape index (κ1) is 17.6. The van der Waals surface area contributed by atoms with Gasteiger partial charge in [0.1, 0.15) is 5.82 Å². The second kappa shape index (κ2) is 6.24. The number of amides is 2. The van der Waals surface area contributed by atoms with Gasteiger partial charge < -0.3 is 10.2 Å². The Hall–Kier alpha value is -4.53. The fourth-order valence-corrected chi connectivity index (χ4v) is 3.51. The normalized spacial score (nSPS) is 12.8. The van der Waals surface area contributed by atoms with E-state index in [-0.39, 0.29) is 28.5 Å². The Morgan fingerprint density at radius 2 is 1.63 bits per heavy atom. The molecule has 0 fully saturated rings. The van der Waals surface area contributed by atoms with E-state index in [0.717, 1.165) is 10.6 Å². The number of hydrogen-bond acceptors (Lipinski definition) is 7. The van der Waals surface area contributed by atoms with Crippen LogP contribution < -0.4 is 22.2 Å². The van der Waals surface area contributed by atoms with Gasteiger partial charge in [-0.3, -0.25) is 24.3 Å². The molecule has 2 amide bonds. The smallest absolute Gasteiger partial charge is 0.347 e. The molecular formula is C21H12N4O5. The van der Waals surface area contributed by atoms with Crippen LogP contribution in [0.5, 0.6) is 0 Å². The monoisotopic (exact) mass is 400 g/mol. The maximum absolute atomic E-state index is 12.8. The molecule has 3 N–H and O–H groups in total. The Labute approximate surface area is 167 Å². The molecule has 0 radical (unpaired) electrons. The Kier molecular flexibility index (Phi) is 3.65. The quantitative estimate of drug-likeness (QED) is 0.486. The van der Waals surface area contributed by atoms with E-state index < -0.39 is 23.0 Å². The number of anilines is 1. The highest BCUT2D eigenvalue weighted by Gasteiger charge is 2.32. The number of fused-ring (bicyclic) bond motifs is 2. The average molecular weight is 400 g/mol. The van der Waals surface area contributed by atoms with Crippen molar-refractivity contribution in [1.82, 2.24) is 14.9 Å². The van der Waals surface area contributed by atoms with Crippen molar-refractivity contribution in [2.75, 3.05) is 5.73 Å². The number of nitrogens with zero attached hydrogens (tertiary/aromatic N) is 2. The number of rotatable bonds is 2. The van der Waals surface area contributed by atoms with E-state index in [1.54, 1.807) is 48.5 Å².